The molecule has 0 fully saturated rings. The van der Waals surface area contributed by atoms with Gasteiger partial charge in [0, 0.05) is 53.3 Å². The highest BCUT2D eigenvalue weighted by Crippen LogP contribution is 2.31. The van der Waals surface area contributed by atoms with Crippen LogP contribution in [0, 0.1) is 0 Å². The normalized spacial score (nSPS) is 11.2. The van der Waals surface area contributed by atoms with Crippen molar-refractivity contribution in [2.45, 2.75) is 19.8 Å². The monoisotopic (exact) mass is 475 g/mol. The first-order chi connectivity index (χ1) is 17.7. The number of aromatic amines is 2. The van der Waals surface area contributed by atoms with E-state index in [0.29, 0.717) is 35.0 Å². The van der Waals surface area contributed by atoms with E-state index < -0.39 is 0 Å². The predicted octanol–water partition coefficient (Wildman–Crippen LogP) is 4.76. The number of hydrogen-bond donors (Lipinski definition) is 3. The lowest BCUT2D eigenvalue weighted by molar-refractivity contribution is -0.116. The molecule has 0 spiro atoms. The third kappa shape index (κ3) is 3.94. The second kappa shape index (κ2) is 8.99. The van der Waals surface area contributed by atoms with Gasteiger partial charge in [0.2, 0.25) is 5.91 Å². The molecule has 6 rings (SSSR count). The standard InChI is InChI=1S/C26H21N9O/c1-2-4-22(36)31-17-9-16(12-28-13-17)20-10-19-21(14-30-20)34-35-24(19)26-32-23-18(6-8-29-25(23)33-26)15-5-3-7-27-11-15/h3,5-14H,2,4H2,1H3,(H,31,36)(H,34,35)(H,29,32,33). The van der Waals surface area contributed by atoms with Crippen LogP contribution in [0.25, 0.3) is 56.0 Å². The van der Waals surface area contributed by atoms with Crippen LogP contribution in [0.4, 0.5) is 5.69 Å². The Kier molecular flexibility index (Phi) is 5.38. The van der Waals surface area contributed by atoms with Crippen molar-refractivity contribution in [2.75, 3.05) is 5.32 Å². The molecule has 6 aromatic rings. The molecule has 0 aliphatic heterocycles. The number of amides is 1. The van der Waals surface area contributed by atoms with Gasteiger partial charge in [-0.05, 0) is 30.7 Å². The molecule has 0 radical (unpaired) electrons. The minimum absolute atomic E-state index is 0.0406. The van der Waals surface area contributed by atoms with Crippen molar-refractivity contribution < 1.29 is 4.79 Å². The van der Waals surface area contributed by atoms with Crippen LogP contribution in [0.5, 0.6) is 0 Å². The predicted molar refractivity (Wildman–Crippen MR) is 137 cm³/mol. The molecule has 0 saturated heterocycles. The minimum atomic E-state index is -0.0406. The summed E-state index contributed by atoms with van der Waals surface area (Å²) in [5, 5.41) is 11.3. The average Bonchev–Trinajstić information content (AvgIpc) is 3.53. The summed E-state index contributed by atoms with van der Waals surface area (Å²) in [5.74, 6) is 0.553. The Morgan fingerprint density at radius 3 is 2.78 bits per heavy atom. The number of hydrogen-bond acceptors (Lipinski definition) is 7. The summed E-state index contributed by atoms with van der Waals surface area (Å²) in [4.78, 5) is 37.6. The zero-order chi connectivity index (χ0) is 24.5. The first kappa shape index (κ1) is 21.5. The summed E-state index contributed by atoms with van der Waals surface area (Å²) in [6.07, 6.45) is 11.6. The number of nitrogens with zero attached hydrogens (tertiary/aromatic N) is 6. The molecular formula is C26H21N9O. The number of fused-ring (bicyclic) bond motifs is 2. The highest BCUT2D eigenvalue weighted by molar-refractivity contribution is 5.97. The highest BCUT2D eigenvalue weighted by atomic mass is 16.1. The molecule has 10 nitrogen and oxygen atoms in total. The number of imidazole rings is 1. The fourth-order valence-electron chi connectivity index (χ4n) is 4.14. The Hall–Kier alpha value is -4.99. The quantitative estimate of drug-likeness (QED) is 0.316. The minimum Gasteiger partial charge on any atom is -0.335 e. The van der Waals surface area contributed by atoms with E-state index in [1.807, 2.05) is 43.5 Å². The van der Waals surface area contributed by atoms with Crippen LogP contribution in [0.3, 0.4) is 0 Å². The maximum Gasteiger partial charge on any atom is 0.224 e. The second-order valence-corrected chi connectivity index (χ2v) is 8.33. The van der Waals surface area contributed by atoms with Gasteiger partial charge in [0.1, 0.15) is 5.69 Å². The lowest BCUT2D eigenvalue weighted by Gasteiger charge is -2.06. The van der Waals surface area contributed by atoms with Crippen LogP contribution in [0.2, 0.25) is 0 Å². The van der Waals surface area contributed by atoms with Gasteiger partial charge in [0.05, 0.1) is 34.8 Å². The summed E-state index contributed by atoms with van der Waals surface area (Å²) < 4.78 is 0. The molecule has 0 aliphatic carbocycles. The lowest BCUT2D eigenvalue weighted by atomic mass is 10.1. The van der Waals surface area contributed by atoms with E-state index >= 15 is 0 Å². The van der Waals surface area contributed by atoms with Gasteiger partial charge < -0.3 is 10.3 Å². The summed E-state index contributed by atoms with van der Waals surface area (Å²) >= 11 is 0. The number of anilines is 1. The third-order valence-corrected chi connectivity index (χ3v) is 5.83. The van der Waals surface area contributed by atoms with E-state index in [9.17, 15) is 4.79 Å². The third-order valence-electron chi connectivity index (χ3n) is 5.83. The number of nitrogens with one attached hydrogen (secondary N) is 3. The summed E-state index contributed by atoms with van der Waals surface area (Å²) in [6, 6.07) is 9.63. The molecule has 3 N–H and O–H groups in total. The fraction of sp³-hybridized carbons (Fsp3) is 0.115. The maximum absolute atomic E-state index is 12.0. The number of rotatable bonds is 6. The largest absolute Gasteiger partial charge is 0.335 e. The number of carbonyl (C=O) groups excluding carboxylic acids is 1. The topological polar surface area (TPSA) is 138 Å². The Labute approximate surface area is 205 Å². The molecular weight excluding hydrogens is 454 g/mol. The summed E-state index contributed by atoms with van der Waals surface area (Å²) in [5.41, 5.74) is 6.88. The highest BCUT2D eigenvalue weighted by Gasteiger charge is 2.17. The van der Waals surface area contributed by atoms with Crippen molar-refractivity contribution in [3.8, 4) is 33.9 Å². The zero-order valence-corrected chi connectivity index (χ0v) is 19.4. The molecule has 1 amide bonds. The number of aromatic nitrogens is 8. The number of carbonyl (C=O) groups is 1. The van der Waals surface area contributed by atoms with E-state index in [2.05, 4.69) is 40.4 Å². The van der Waals surface area contributed by atoms with Crippen LogP contribution in [0.1, 0.15) is 19.8 Å². The van der Waals surface area contributed by atoms with Gasteiger partial charge in [-0.2, -0.15) is 5.10 Å². The van der Waals surface area contributed by atoms with Crippen molar-refractivity contribution in [1.29, 1.82) is 0 Å². The van der Waals surface area contributed by atoms with E-state index in [4.69, 9.17) is 4.98 Å². The van der Waals surface area contributed by atoms with E-state index in [1.54, 1.807) is 31.0 Å². The van der Waals surface area contributed by atoms with Crippen LogP contribution < -0.4 is 5.32 Å². The van der Waals surface area contributed by atoms with Gasteiger partial charge in [-0.15, -0.1) is 0 Å². The van der Waals surface area contributed by atoms with E-state index in [-0.39, 0.29) is 5.91 Å². The summed E-state index contributed by atoms with van der Waals surface area (Å²) in [7, 11) is 0. The van der Waals surface area contributed by atoms with Crippen molar-refractivity contribution in [3.05, 3.63) is 67.5 Å². The fourth-order valence-corrected chi connectivity index (χ4v) is 4.14. The number of pyridine rings is 4. The average molecular weight is 476 g/mol. The van der Waals surface area contributed by atoms with Gasteiger partial charge in [0.25, 0.3) is 0 Å². The smallest absolute Gasteiger partial charge is 0.224 e. The van der Waals surface area contributed by atoms with Gasteiger partial charge in [0.15, 0.2) is 11.5 Å². The molecule has 0 saturated carbocycles. The van der Waals surface area contributed by atoms with Gasteiger partial charge in [-0.3, -0.25) is 24.8 Å². The Morgan fingerprint density at radius 2 is 1.92 bits per heavy atom. The Bertz CT molecular complexity index is 1710. The van der Waals surface area contributed by atoms with E-state index in [0.717, 1.165) is 39.5 Å². The summed E-state index contributed by atoms with van der Waals surface area (Å²) in [6.45, 7) is 1.97. The molecule has 6 heterocycles. The van der Waals surface area contributed by atoms with Crippen molar-refractivity contribution in [3.63, 3.8) is 0 Å². The molecule has 176 valence electrons. The van der Waals surface area contributed by atoms with Gasteiger partial charge in [-0.25, -0.2) is 9.97 Å². The van der Waals surface area contributed by atoms with Crippen LogP contribution >= 0.6 is 0 Å². The van der Waals surface area contributed by atoms with E-state index in [1.165, 1.54) is 0 Å². The molecule has 0 unspecified atom stereocenters. The van der Waals surface area contributed by atoms with Crippen molar-refractivity contribution in [1.82, 2.24) is 40.1 Å². The van der Waals surface area contributed by atoms with Crippen LogP contribution in [-0.2, 0) is 4.79 Å². The molecule has 36 heavy (non-hydrogen) atoms. The second-order valence-electron chi connectivity index (χ2n) is 8.33. The zero-order valence-electron chi connectivity index (χ0n) is 19.4. The molecule has 0 aliphatic rings. The lowest BCUT2D eigenvalue weighted by Crippen LogP contribution is -2.10. The molecule has 10 heteroatoms. The van der Waals surface area contributed by atoms with Gasteiger partial charge >= 0.3 is 0 Å². The molecule has 0 bridgehead atoms. The van der Waals surface area contributed by atoms with Crippen LogP contribution in [-0.4, -0.2) is 46.0 Å². The molecule has 0 aromatic carbocycles. The number of H-pyrrole nitrogens is 2. The maximum atomic E-state index is 12.0. The van der Waals surface area contributed by atoms with Gasteiger partial charge in [-0.1, -0.05) is 13.0 Å². The SMILES string of the molecule is CCCC(=O)Nc1cncc(-c2cc3c(-c4nc5nccc(-c6cccnc6)c5[nH]4)n[nH]c3cn2)c1. The first-order valence-corrected chi connectivity index (χ1v) is 11.5. The van der Waals surface area contributed by atoms with Crippen molar-refractivity contribution >= 4 is 33.7 Å². The Morgan fingerprint density at radius 1 is 1.00 bits per heavy atom. The molecule has 6 aromatic heterocycles. The van der Waals surface area contributed by atoms with Crippen molar-refractivity contribution in [2.24, 2.45) is 0 Å². The molecule has 0 atom stereocenters. The first-order valence-electron chi connectivity index (χ1n) is 11.5. The Balaban J connectivity index is 1.40. The van der Waals surface area contributed by atoms with Crippen LogP contribution in [0.15, 0.2) is 67.5 Å².